The van der Waals surface area contributed by atoms with Crippen LogP contribution in [-0.2, 0) is 14.8 Å². The maximum atomic E-state index is 12.6. The molecule has 1 aliphatic heterocycles. The average molecular weight is 354 g/mol. The first-order valence-electron chi connectivity index (χ1n) is 8.06. The summed E-state index contributed by atoms with van der Waals surface area (Å²) in [6.07, 6.45) is 0. The van der Waals surface area contributed by atoms with E-state index in [1.165, 1.54) is 16.4 Å². The molecule has 1 fully saturated rings. The fraction of sp³-hybridized carbons (Fsp3) is 0.588. The van der Waals surface area contributed by atoms with E-state index in [0.29, 0.717) is 25.3 Å². The van der Waals surface area contributed by atoms with Crippen molar-refractivity contribution in [3.8, 4) is 0 Å². The molecule has 1 saturated heterocycles. The minimum absolute atomic E-state index is 0.104. The van der Waals surface area contributed by atoms with Gasteiger partial charge in [-0.3, -0.25) is 4.79 Å². The van der Waals surface area contributed by atoms with Gasteiger partial charge in [-0.15, -0.1) is 0 Å². The number of hydrogen-bond donors (Lipinski definition) is 0. The highest BCUT2D eigenvalue weighted by atomic mass is 32.2. The van der Waals surface area contributed by atoms with Crippen molar-refractivity contribution in [1.29, 1.82) is 0 Å². The molecule has 1 amide bonds. The van der Waals surface area contributed by atoms with Crippen LogP contribution in [0.5, 0.6) is 0 Å². The predicted octanol–water partition coefficient (Wildman–Crippen LogP) is 1.97. The summed E-state index contributed by atoms with van der Waals surface area (Å²) >= 11 is 0. The summed E-state index contributed by atoms with van der Waals surface area (Å²) in [5.74, 6) is -0.104. The molecule has 0 spiro atoms. The van der Waals surface area contributed by atoms with Gasteiger partial charge < -0.3 is 9.64 Å². The van der Waals surface area contributed by atoms with E-state index in [2.05, 4.69) is 0 Å². The number of amides is 1. The Morgan fingerprint density at radius 1 is 1.25 bits per heavy atom. The Morgan fingerprint density at radius 2 is 1.83 bits per heavy atom. The molecule has 0 N–H and O–H groups in total. The van der Waals surface area contributed by atoms with Gasteiger partial charge in [0.25, 0.3) is 5.91 Å². The number of carbonyl (C=O) groups excluding carboxylic acids is 1. The van der Waals surface area contributed by atoms with Gasteiger partial charge in [-0.05, 0) is 52.0 Å². The second kappa shape index (κ2) is 6.82. The summed E-state index contributed by atoms with van der Waals surface area (Å²) in [6.45, 7) is 9.09. The van der Waals surface area contributed by atoms with Crippen molar-refractivity contribution in [2.75, 3.05) is 26.7 Å². The largest absolute Gasteiger partial charge is 0.372 e. The first kappa shape index (κ1) is 18.9. The van der Waals surface area contributed by atoms with Crippen LogP contribution in [0.1, 0.15) is 38.1 Å². The molecule has 6 nitrogen and oxygen atoms in total. The predicted molar refractivity (Wildman–Crippen MR) is 92.5 cm³/mol. The number of morpholine rings is 1. The number of ether oxygens (including phenoxy) is 1. The Kier molecular flexibility index (Phi) is 5.37. The number of carbonyl (C=O) groups is 1. The van der Waals surface area contributed by atoms with E-state index in [0.717, 1.165) is 0 Å². The molecule has 1 aromatic carbocycles. The highest BCUT2D eigenvalue weighted by Crippen LogP contribution is 2.21. The second-order valence-corrected chi connectivity index (χ2v) is 8.97. The van der Waals surface area contributed by atoms with E-state index >= 15 is 0 Å². The fourth-order valence-corrected chi connectivity index (χ4v) is 3.95. The first-order chi connectivity index (χ1) is 11.0. The van der Waals surface area contributed by atoms with Crippen molar-refractivity contribution in [3.05, 3.63) is 29.8 Å². The van der Waals surface area contributed by atoms with Crippen molar-refractivity contribution < 1.29 is 17.9 Å². The van der Waals surface area contributed by atoms with Gasteiger partial charge in [0.2, 0.25) is 10.0 Å². The molecule has 0 radical (unpaired) electrons. The van der Waals surface area contributed by atoms with E-state index < -0.39 is 10.0 Å². The highest BCUT2D eigenvalue weighted by molar-refractivity contribution is 7.89. The molecule has 2 rings (SSSR count). The summed E-state index contributed by atoms with van der Waals surface area (Å²) in [6, 6.07) is 6.00. The van der Waals surface area contributed by atoms with Gasteiger partial charge in [0.1, 0.15) is 0 Å². The zero-order valence-corrected chi connectivity index (χ0v) is 15.8. The van der Waals surface area contributed by atoms with Crippen molar-refractivity contribution in [2.24, 2.45) is 0 Å². The molecule has 0 aliphatic carbocycles. The van der Waals surface area contributed by atoms with Crippen molar-refractivity contribution >= 4 is 15.9 Å². The summed E-state index contributed by atoms with van der Waals surface area (Å²) in [5.41, 5.74) is 0.121. The van der Waals surface area contributed by atoms with Crippen molar-refractivity contribution in [3.63, 3.8) is 0 Å². The summed E-state index contributed by atoms with van der Waals surface area (Å²) in [7, 11) is -1.99. The fourth-order valence-electron chi connectivity index (χ4n) is 2.59. The Labute approximate surface area is 144 Å². The topological polar surface area (TPSA) is 66.9 Å². The van der Waals surface area contributed by atoms with Gasteiger partial charge in [0.15, 0.2) is 0 Å². The van der Waals surface area contributed by atoms with E-state index in [1.807, 2.05) is 27.7 Å². The van der Waals surface area contributed by atoms with Crippen LogP contribution in [0, 0.1) is 0 Å². The molecule has 134 valence electrons. The maximum Gasteiger partial charge on any atom is 0.254 e. The first-order valence-corrected chi connectivity index (χ1v) is 9.50. The Balaban J connectivity index is 2.19. The van der Waals surface area contributed by atoms with Gasteiger partial charge in [-0.1, -0.05) is 0 Å². The zero-order chi connectivity index (χ0) is 18.1. The van der Waals surface area contributed by atoms with Crippen LogP contribution in [0.3, 0.4) is 0 Å². The van der Waals surface area contributed by atoms with Gasteiger partial charge in [0.05, 0.1) is 17.1 Å². The van der Waals surface area contributed by atoms with E-state index in [9.17, 15) is 13.2 Å². The second-order valence-electron chi connectivity index (χ2n) is 6.97. The Hall–Kier alpha value is -1.44. The number of rotatable bonds is 4. The van der Waals surface area contributed by atoms with Crippen LogP contribution in [0.25, 0.3) is 0 Å². The molecule has 0 aromatic heterocycles. The van der Waals surface area contributed by atoms with Crippen LogP contribution in [-0.4, -0.2) is 61.9 Å². The molecule has 24 heavy (non-hydrogen) atoms. The highest BCUT2D eigenvalue weighted by Gasteiger charge is 2.30. The maximum absolute atomic E-state index is 12.6. The lowest BCUT2D eigenvalue weighted by atomic mass is 10.1. The van der Waals surface area contributed by atoms with E-state index in [4.69, 9.17) is 4.74 Å². The molecular weight excluding hydrogens is 328 g/mol. The number of sulfonamides is 1. The molecule has 0 unspecified atom stereocenters. The minimum Gasteiger partial charge on any atom is -0.372 e. The standard InChI is InChI=1S/C17H26N2O4S/c1-13(2)18(5)24(21,22)15-8-6-14(7-9-15)16(20)19-10-11-23-17(3,4)12-19/h6-9,13H,10-12H2,1-5H3. The van der Waals surface area contributed by atoms with Crippen molar-refractivity contribution in [1.82, 2.24) is 9.21 Å². The third-order valence-corrected chi connectivity index (χ3v) is 6.27. The van der Waals surface area contributed by atoms with E-state index in [1.54, 1.807) is 24.1 Å². The molecule has 0 saturated carbocycles. The van der Waals surface area contributed by atoms with Crippen LogP contribution in [0.15, 0.2) is 29.2 Å². The normalized spacial score (nSPS) is 18.2. The van der Waals surface area contributed by atoms with Gasteiger partial charge in [-0.25, -0.2) is 8.42 Å². The summed E-state index contributed by atoms with van der Waals surface area (Å²) < 4.78 is 31.8. The third-order valence-electron chi connectivity index (χ3n) is 4.22. The quantitative estimate of drug-likeness (QED) is 0.829. The molecular formula is C17H26N2O4S. The van der Waals surface area contributed by atoms with Gasteiger partial charge in [0, 0.05) is 31.7 Å². The van der Waals surface area contributed by atoms with Crippen LogP contribution >= 0.6 is 0 Å². The number of benzene rings is 1. The van der Waals surface area contributed by atoms with Crippen LogP contribution < -0.4 is 0 Å². The molecule has 1 heterocycles. The van der Waals surface area contributed by atoms with Crippen LogP contribution in [0.4, 0.5) is 0 Å². The van der Waals surface area contributed by atoms with E-state index in [-0.39, 0.29) is 22.4 Å². The lowest BCUT2D eigenvalue weighted by Gasteiger charge is -2.38. The van der Waals surface area contributed by atoms with Crippen LogP contribution in [0.2, 0.25) is 0 Å². The Morgan fingerprint density at radius 3 is 2.33 bits per heavy atom. The third kappa shape index (κ3) is 3.96. The smallest absolute Gasteiger partial charge is 0.254 e. The number of hydrogen-bond acceptors (Lipinski definition) is 4. The summed E-state index contributed by atoms with van der Waals surface area (Å²) in [5, 5.41) is 0. The zero-order valence-electron chi connectivity index (χ0n) is 14.9. The lowest BCUT2D eigenvalue weighted by molar-refractivity contribution is -0.0764. The monoisotopic (exact) mass is 354 g/mol. The lowest BCUT2D eigenvalue weighted by Crippen LogP contribution is -2.50. The number of nitrogens with zero attached hydrogens (tertiary/aromatic N) is 2. The van der Waals surface area contributed by atoms with Gasteiger partial charge >= 0.3 is 0 Å². The molecule has 1 aliphatic rings. The average Bonchev–Trinajstić information content (AvgIpc) is 2.52. The van der Waals surface area contributed by atoms with Crippen molar-refractivity contribution in [2.45, 2.75) is 44.2 Å². The minimum atomic E-state index is -3.54. The molecule has 0 bridgehead atoms. The summed E-state index contributed by atoms with van der Waals surface area (Å²) in [4.78, 5) is 14.5. The molecule has 0 atom stereocenters. The Bertz CT molecular complexity index is 696. The SMILES string of the molecule is CC(C)N(C)S(=O)(=O)c1ccc(C(=O)N2CCOC(C)(C)C2)cc1. The van der Waals surface area contributed by atoms with Gasteiger partial charge in [-0.2, -0.15) is 4.31 Å². The molecule has 1 aromatic rings. The molecule has 7 heteroatoms.